The first kappa shape index (κ1) is 15.2. The molecule has 114 valence electrons. The summed E-state index contributed by atoms with van der Waals surface area (Å²) in [5.41, 5.74) is 4.92. The second kappa shape index (κ2) is 6.57. The standard InChI is InChI=1S/C19H21NOS/c1-14-5-8-17(9-6-14)22-13-19(21)20-11-3-4-16-12-15(2)7-10-18(16)20/h5-10,12H,3-4,11,13H2,1-2H3. The van der Waals surface area contributed by atoms with Gasteiger partial charge in [-0.3, -0.25) is 4.79 Å². The Morgan fingerprint density at radius 2 is 1.82 bits per heavy atom. The molecular weight excluding hydrogens is 290 g/mol. The monoisotopic (exact) mass is 311 g/mol. The molecule has 1 aliphatic rings. The van der Waals surface area contributed by atoms with Crippen LogP contribution in [0.15, 0.2) is 47.4 Å². The number of carbonyl (C=O) groups excluding carboxylic acids is 1. The Kier molecular flexibility index (Phi) is 4.53. The van der Waals surface area contributed by atoms with Crippen LogP contribution in [0.2, 0.25) is 0 Å². The molecule has 0 aromatic heterocycles. The highest BCUT2D eigenvalue weighted by molar-refractivity contribution is 8.00. The molecule has 0 spiro atoms. The third-order valence-electron chi connectivity index (χ3n) is 4.04. The molecule has 1 aliphatic heterocycles. The normalized spacial score (nSPS) is 13.8. The third kappa shape index (κ3) is 3.36. The number of amides is 1. The van der Waals surface area contributed by atoms with E-state index >= 15 is 0 Å². The summed E-state index contributed by atoms with van der Waals surface area (Å²) >= 11 is 1.62. The molecule has 3 rings (SSSR count). The van der Waals surface area contributed by atoms with Crippen LogP contribution in [0.25, 0.3) is 0 Å². The summed E-state index contributed by atoms with van der Waals surface area (Å²) in [5, 5.41) is 0. The van der Waals surface area contributed by atoms with Crippen molar-refractivity contribution in [3.63, 3.8) is 0 Å². The lowest BCUT2D eigenvalue weighted by Gasteiger charge is -2.29. The molecule has 1 heterocycles. The van der Waals surface area contributed by atoms with Crippen molar-refractivity contribution in [2.24, 2.45) is 0 Å². The van der Waals surface area contributed by atoms with Gasteiger partial charge in [-0.15, -0.1) is 11.8 Å². The Morgan fingerprint density at radius 1 is 1.09 bits per heavy atom. The number of benzene rings is 2. The Balaban J connectivity index is 1.70. The van der Waals surface area contributed by atoms with E-state index in [9.17, 15) is 4.79 Å². The van der Waals surface area contributed by atoms with Gasteiger partial charge >= 0.3 is 0 Å². The number of hydrogen-bond donors (Lipinski definition) is 0. The zero-order chi connectivity index (χ0) is 15.5. The smallest absolute Gasteiger partial charge is 0.237 e. The fourth-order valence-electron chi connectivity index (χ4n) is 2.84. The van der Waals surface area contributed by atoms with Crippen molar-refractivity contribution in [2.45, 2.75) is 31.6 Å². The molecule has 0 unspecified atom stereocenters. The third-order valence-corrected chi connectivity index (χ3v) is 5.03. The van der Waals surface area contributed by atoms with E-state index in [1.165, 1.54) is 16.7 Å². The van der Waals surface area contributed by atoms with Crippen molar-refractivity contribution in [3.8, 4) is 0 Å². The van der Waals surface area contributed by atoms with Crippen LogP contribution in [-0.4, -0.2) is 18.2 Å². The molecule has 2 nitrogen and oxygen atoms in total. The summed E-state index contributed by atoms with van der Waals surface area (Å²) in [5.74, 6) is 0.700. The molecule has 0 saturated heterocycles. The van der Waals surface area contributed by atoms with Crippen LogP contribution in [0, 0.1) is 13.8 Å². The molecular formula is C19H21NOS. The van der Waals surface area contributed by atoms with Gasteiger partial charge in [-0.2, -0.15) is 0 Å². The van der Waals surface area contributed by atoms with Crippen LogP contribution < -0.4 is 4.90 Å². The number of hydrogen-bond acceptors (Lipinski definition) is 2. The molecule has 2 aromatic rings. The highest BCUT2D eigenvalue weighted by Crippen LogP contribution is 2.29. The van der Waals surface area contributed by atoms with Crippen molar-refractivity contribution in [2.75, 3.05) is 17.2 Å². The van der Waals surface area contributed by atoms with Gasteiger partial charge in [0.15, 0.2) is 0 Å². The first-order valence-electron chi connectivity index (χ1n) is 7.73. The second-order valence-corrected chi connectivity index (χ2v) is 6.93. The minimum Gasteiger partial charge on any atom is -0.311 e. The molecule has 3 heteroatoms. The Hall–Kier alpha value is -1.74. The molecule has 1 amide bonds. The fraction of sp³-hybridized carbons (Fsp3) is 0.316. The molecule has 0 radical (unpaired) electrons. The average molecular weight is 311 g/mol. The van der Waals surface area contributed by atoms with E-state index < -0.39 is 0 Å². The summed E-state index contributed by atoms with van der Waals surface area (Å²) in [6.45, 7) is 5.02. The van der Waals surface area contributed by atoms with Crippen LogP contribution in [0.1, 0.15) is 23.1 Å². The van der Waals surface area contributed by atoms with Gasteiger partial charge in [0.05, 0.1) is 5.75 Å². The summed E-state index contributed by atoms with van der Waals surface area (Å²) in [7, 11) is 0. The number of fused-ring (bicyclic) bond motifs is 1. The highest BCUT2D eigenvalue weighted by Gasteiger charge is 2.22. The van der Waals surface area contributed by atoms with Gasteiger partial charge in [-0.1, -0.05) is 35.4 Å². The maximum atomic E-state index is 12.6. The Bertz CT molecular complexity index is 678. The van der Waals surface area contributed by atoms with Gasteiger partial charge in [0.25, 0.3) is 0 Å². The molecule has 0 fully saturated rings. The van der Waals surface area contributed by atoms with E-state index in [1.807, 2.05) is 4.90 Å². The molecule has 22 heavy (non-hydrogen) atoms. The van der Waals surface area contributed by atoms with Crippen molar-refractivity contribution in [1.29, 1.82) is 0 Å². The summed E-state index contributed by atoms with van der Waals surface area (Å²) in [6, 6.07) is 14.7. The van der Waals surface area contributed by atoms with Gasteiger partial charge in [-0.25, -0.2) is 0 Å². The predicted molar refractivity (Wildman–Crippen MR) is 93.8 cm³/mol. The topological polar surface area (TPSA) is 20.3 Å². The lowest BCUT2D eigenvalue weighted by Crippen LogP contribution is -2.36. The van der Waals surface area contributed by atoms with Gasteiger partial charge < -0.3 is 4.90 Å². The fourth-order valence-corrected chi connectivity index (χ4v) is 3.62. The minimum atomic E-state index is 0.204. The number of carbonyl (C=O) groups is 1. The molecule has 0 bridgehead atoms. The number of aryl methyl sites for hydroxylation is 3. The zero-order valence-corrected chi connectivity index (χ0v) is 14.0. The molecule has 0 saturated carbocycles. The van der Waals surface area contributed by atoms with E-state index in [4.69, 9.17) is 0 Å². The average Bonchev–Trinajstić information content (AvgIpc) is 2.53. The van der Waals surface area contributed by atoms with E-state index in [1.54, 1.807) is 11.8 Å². The van der Waals surface area contributed by atoms with Gasteiger partial charge in [0.2, 0.25) is 5.91 Å². The predicted octanol–water partition coefficient (Wildman–Crippen LogP) is 4.37. The number of nitrogens with zero attached hydrogens (tertiary/aromatic N) is 1. The first-order chi connectivity index (χ1) is 10.6. The van der Waals surface area contributed by atoms with E-state index in [-0.39, 0.29) is 5.91 Å². The largest absolute Gasteiger partial charge is 0.311 e. The lowest BCUT2D eigenvalue weighted by atomic mass is 9.99. The summed E-state index contributed by atoms with van der Waals surface area (Å²) in [6.07, 6.45) is 2.13. The van der Waals surface area contributed by atoms with E-state index in [2.05, 4.69) is 56.3 Å². The summed E-state index contributed by atoms with van der Waals surface area (Å²) < 4.78 is 0. The molecule has 0 atom stereocenters. The summed E-state index contributed by atoms with van der Waals surface area (Å²) in [4.78, 5) is 15.7. The minimum absolute atomic E-state index is 0.204. The number of thioether (sulfide) groups is 1. The molecule has 2 aromatic carbocycles. The first-order valence-corrected chi connectivity index (χ1v) is 8.71. The van der Waals surface area contributed by atoms with Crippen molar-refractivity contribution >= 4 is 23.4 Å². The number of rotatable bonds is 3. The van der Waals surface area contributed by atoms with Crippen LogP contribution in [-0.2, 0) is 11.2 Å². The van der Waals surface area contributed by atoms with Crippen molar-refractivity contribution < 1.29 is 4.79 Å². The lowest BCUT2D eigenvalue weighted by molar-refractivity contribution is -0.116. The Morgan fingerprint density at radius 3 is 2.59 bits per heavy atom. The van der Waals surface area contributed by atoms with Crippen molar-refractivity contribution in [1.82, 2.24) is 0 Å². The molecule has 0 N–H and O–H groups in total. The van der Waals surface area contributed by atoms with Crippen LogP contribution in [0.5, 0.6) is 0 Å². The van der Waals surface area contributed by atoms with E-state index in [0.717, 1.165) is 30.0 Å². The Labute approximate surface area is 136 Å². The van der Waals surface area contributed by atoms with Crippen LogP contribution in [0.4, 0.5) is 5.69 Å². The SMILES string of the molecule is Cc1ccc(SCC(=O)N2CCCc3cc(C)ccc32)cc1. The van der Waals surface area contributed by atoms with Crippen LogP contribution >= 0.6 is 11.8 Å². The maximum absolute atomic E-state index is 12.6. The van der Waals surface area contributed by atoms with E-state index in [0.29, 0.717) is 5.75 Å². The second-order valence-electron chi connectivity index (χ2n) is 5.88. The van der Waals surface area contributed by atoms with Crippen LogP contribution in [0.3, 0.4) is 0 Å². The quantitative estimate of drug-likeness (QED) is 0.784. The molecule has 0 aliphatic carbocycles. The number of anilines is 1. The van der Waals surface area contributed by atoms with Gasteiger partial charge in [-0.05, 0) is 50.5 Å². The maximum Gasteiger partial charge on any atom is 0.237 e. The van der Waals surface area contributed by atoms with Gasteiger partial charge in [0, 0.05) is 17.1 Å². The highest BCUT2D eigenvalue weighted by atomic mass is 32.2. The zero-order valence-electron chi connectivity index (χ0n) is 13.1. The van der Waals surface area contributed by atoms with Crippen molar-refractivity contribution in [3.05, 3.63) is 59.2 Å². The van der Waals surface area contributed by atoms with Gasteiger partial charge in [0.1, 0.15) is 0 Å².